The molecule has 24 heavy (non-hydrogen) atoms. The Kier molecular flexibility index (Phi) is 5.99. The Morgan fingerprint density at radius 3 is 2.58 bits per heavy atom. The number of hydrogen-bond acceptors (Lipinski definition) is 4. The van der Waals surface area contributed by atoms with Crippen LogP contribution in [-0.2, 0) is 26.9 Å². The van der Waals surface area contributed by atoms with E-state index in [0.29, 0.717) is 17.9 Å². The van der Waals surface area contributed by atoms with Gasteiger partial charge < -0.3 is 9.47 Å². The van der Waals surface area contributed by atoms with Crippen molar-refractivity contribution in [2.24, 2.45) is 0 Å². The molecule has 0 atom stereocenters. The fourth-order valence-electron chi connectivity index (χ4n) is 2.69. The van der Waals surface area contributed by atoms with Gasteiger partial charge in [0.15, 0.2) is 9.84 Å². The number of nitrogens with zero attached hydrogens (tertiary/aromatic N) is 3. The van der Waals surface area contributed by atoms with Crippen LogP contribution in [0, 0.1) is 0 Å². The molecule has 0 N–H and O–H groups in total. The predicted molar refractivity (Wildman–Crippen MR) is 95.4 cm³/mol. The van der Waals surface area contributed by atoms with E-state index in [1.165, 1.54) is 6.26 Å². The minimum Gasteiger partial charge on any atom is -0.341 e. The standard InChI is InChI=1S/C17H25N3O3S/c1-4-6-11-19(5-2)17(21)12-20-15-10-8-7-9-14(15)18-16(20)13-24(3,22)23/h7-10H,4-6,11-13H2,1-3H3. The predicted octanol–water partition coefficient (Wildman–Crippen LogP) is 2.23. The van der Waals surface area contributed by atoms with Crippen LogP contribution in [0.4, 0.5) is 0 Å². The van der Waals surface area contributed by atoms with E-state index < -0.39 is 9.84 Å². The Morgan fingerprint density at radius 2 is 1.96 bits per heavy atom. The first-order valence-electron chi connectivity index (χ1n) is 8.25. The lowest BCUT2D eigenvalue weighted by Crippen LogP contribution is -2.35. The van der Waals surface area contributed by atoms with Crippen LogP contribution in [0.1, 0.15) is 32.5 Å². The normalized spacial score (nSPS) is 11.8. The fourth-order valence-corrected chi connectivity index (χ4v) is 3.38. The Balaban J connectivity index is 2.35. The number of benzene rings is 1. The highest BCUT2D eigenvalue weighted by molar-refractivity contribution is 7.89. The van der Waals surface area contributed by atoms with Crippen molar-refractivity contribution in [3.05, 3.63) is 30.1 Å². The lowest BCUT2D eigenvalue weighted by molar-refractivity contribution is -0.131. The minimum absolute atomic E-state index is 0.0103. The third kappa shape index (κ3) is 4.56. The van der Waals surface area contributed by atoms with Gasteiger partial charge >= 0.3 is 0 Å². The topological polar surface area (TPSA) is 72.3 Å². The van der Waals surface area contributed by atoms with Crippen LogP contribution < -0.4 is 0 Å². The Bertz CT molecular complexity index is 812. The second kappa shape index (κ2) is 7.79. The van der Waals surface area contributed by atoms with Crippen molar-refractivity contribution in [2.45, 2.75) is 39.0 Å². The smallest absolute Gasteiger partial charge is 0.242 e. The number of carbonyl (C=O) groups is 1. The van der Waals surface area contributed by atoms with Crippen molar-refractivity contribution in [1.29, 1.82) is 0 Å². The zero-order chi connectivity index (χ0) is 17.7. The zero-order valence-electron chi connectivity index (χ0n) is 14.5. The van der Waals surface area contributed by atoms with Crippen LogP contribution in [0.3, 0.4) is 0 Å². The molecule has 0 bridgehead atoms. The molecule has 2 aromatic rings. The molecule has 7 heteroatoms. The molecule has 2 rings (SSSR count). The molecule has 1 amide bonds. The summed E-state index contributed by atoms with van der Waals surface area (Å²) in [6, 6.07) is 7.41. The number of hydrogen-bond donors (Lipinski definition) is 0. The minimum atomic E-state index is -3.23. The molecule has 0 radical (unpaired) electrons. The Hall–Kier alpha value is -1.89. The second-order valence-corrected chi connectivity index (χ2v) is 8.14. The number of aromatic nitrogens is 2. The molecular weight excluding hydrogens is 326 g/mol. The van der Waals surface area contributed by atoms with E-state index in [9.17, 15) is 13.2 Å². The lowest BCUT2D eigenvalue weighted by atomic mass is 10.3. The third-order valence-corrected chi connectivity index (χ3v) is 4.72. The molecule has 0 unspecified atom stereocenters. The maximum Gasteiger partial charge on any atom is 0.242 e. The van der Waals surface area contributed by atoms with Gasteiger partial charge in [-0.05, 0) is 25.5 Å². The zero-order valence-corrected chi connectivity index (χ0v) is 15.3. The highest BCUT2D eigenvalue weighted by Gasteiger charge is 2.19. The number of para-hydroxylation sites is 2. The summed E-state index contributed by atoms with van der Waals surface area (Å²) in [4.78, 5) is 18.9. The second-order valence-electron chi connectivity index (χ2n) is 6.00. The van der Waals surface area contributed by atoms with Gasteiger partial charge in [0.1, 0.15) is 18.1 Å². The molecule has 0 aliphatic heterocycles. The molecule has 0 spiro atoms. The molecule has 1 aromatic carbocycles. The van der Waals surface area contributed by atoms with Crippen molar-refractivity contribution in [2.75, 3.05) is 19.3 Å². The third-order valence-electron chi connectivity index (χ3n) is 3.93. The van der Waals surface area contributed by atoms with Gasteiger partial charge in [0, 0.05) is 19.3 Å². The first kappa shape index (κ1) is 18.4. The average Bonchev–Trinajstić information content (AvgIpc) is 2.84. The van der Waals surface area contributed by atoms with E-state index in [4.69, 9.17) is 0 Å². The van der Waals surface area contributed by atoms with E-state index in [1.807, 2.05) is 36.1 Å². The number of amides is 1. The molecule has 0 aliphatic carbocycles. The van der Waals surface area contributed by atoms with Crippen molar-refractivity contribution < 1.29 is 13.2 Å². The number of imidazole rings is 1. The highest BCUT2D eigenvalue weighted by Crippen LogP contribution is 2.18. The first-order chi connectivity index (χ1) is 11.4. The average molecular weight is 351 g/mol. The van der Waals surface area contributed by atoms with E-state index in [1.54, 1.807) is 4.57 Å². The summed E-state index contributed by atoms with van der Waals surface area (Å²) in [6.45, 7) is 5.53. The van der Waals surface area contributed by atoms with E-state index in [-0.39, 0.29) is 18.2 Å². The summed E-state index contributed by atoms with van der Waals surface area (Å²) in [7, 11) is -3.23. The van der Waals surface area contributed by atoms with E-state index >= 15 is 0 Å². The summed E-state index contributed by atoms with van der Waals surface area (Å²) in [5, 5.41) is 0. The van der Waals surface area contributed by atoms with Gasteiger partial charge in [0.05, 0.1) is 11.0 Å². The van der Waals surface area contributed by atoms with Gasteiger partial charge in [-0.3, -0.25) is 4.79 Å². The number of likely N-dealkylation sites (N-methyl/N-ethyl adjacent to an activating group) is 1. The Morgan fingerprint density at radius 1 is 1.25 bits per heavy atom. The van der Waals surface area contributed by atoms with Crippen LogP contribution >= 0.6 is 0 Å². The van der Waals surface area contributed by atoms with Crippen molar-refractivity contribution in [1.82, 2.24) is 14.5 Å². The molecule has 0 fully saturated rings. The number of carbonyl (C=O) groups excluding carboxylic acids is 1. The summed E-state index contributed by atoms with van der Waals surface area (Å²) in [5.41, 5.74) is 1.50. The lowest BCUT2D eigenvalue weighted by Gasteiger charge is -2.21. The van der Waals surface area contributed by atoms with Gasteiger partial charge in [-0.25, -0.2) is 13.4 Å². The van der Waals surface area contributed by atoms with Crippen molar-refractivity contribution in [3.63, 3.8) is 0 Å². The summed E-state index contributed by atoms with van der Waals surface area (Å²) < 4.78 is 25.1. The highest BCUT2D eigenvalue weighted by atomic mass is 32.2. The largest absolute Gasteiger partial charge is 0.341 e. The molecule has 6 nitrogen and oxygen atoms in total. The van der Waals surface area contributed by atoms with Crippen LogP contribution in [0.25, 0.3) is 11.0 Å². The molecular formula is C17H25N3O3S. The van der Waals surface area contributed by atoms with Gasteiger partial charge in [-0.2, -0.15) is 0 Å². The van der Waals surface area contributed by atoms with Gasteiger partial charge in [0.2, 0.25) is 5.91 Å². The molecule has 0 aliphatic rings. The van der Waals surface area contributed by atoms with Crippen molar-refractivity contribution >= 4 is 26.8 Å². The number of sulfone groups is 1. The maximum absolute atomic E-state index is 12.6. The summed E-state index contributed by atoms with van der Waals surface area (Å²) >= 11 is 0. The molecule has 0 saturated carbocycles. The monoisotopic (exact) mass is 351 g/mol. The molecule has 132 valence electrons. The summed E-state index contributed by atoms with van der Waals surface area (Å²) in [6.07, 6.45) is 3.16. The van der Waals surface area contributed by atoms with Gasteiger partial charge in [-0.1, -0.05) is 25.5 Å². The van der Waals surface area contributed by atoms with Crippen LogP contribution in [-0.4, -0.2) is 48.1 Å². The number of fused-ring (bicyclic) bond motifs is 1. The molecule has 1 heterocycles. The van der Waals surface area contributed by atoms with E-state index in [2.05, 4.69) is 11.9 Å². The van der Waals surface area contributed by atoms with Crippen molar-refractivity contribution in [3.8, 4) is 0 Å². The number of unbranched alkanes of at least 4 members (excludes halogenated alkanes) is 1. The molecule has 0 saturated heterocycles. The Labute approximate surface area is 143 Å². The summed E-state index contributed by atoms with van der Waals surface area (Å²) in [5.74, 6) is 0.234. The van der Waals surface area contributed by atoms with Crippen LogP contribution in [0.2, 0.25) is 0 Å². The quantitative estimate of drug-likeness (QED) is 0.731. The van der Waals surface area contributed by atoms with Crippen LogP contribution in [0.5, 0.6) is 0 Å². The SMILES string of the molecule is CCCCN(CC)C(=O)Cn1c(CS(C)(=O)=O)nc2ccccc21. The van der Waals surface area contributed by atoms with Gasteiger partial charge in [0.25, 0.3) is 0 Å². The maximum atomic E-state index is 12.6. The van der Waals surface area contributed by atoms with Gasteiger partial charge in [-0.15, -0.1) is 0 Å². The first-order valence-corrected chi connectivity index (χ1v) is 10.3. The fraction of sp³-hybridized carbons (Fsp3) is 0.529. The number of rotatable bonds is 8. The molecule has 1 aromatic heterocycles. The van der Waals surface area contributed by atoms with E-state index in [0.717, 1.165) is 24.9 Å². The van der Waals surface area contributed by atoms with Crippen LogP contribution in [0.15, 0.2) is 24.3 Å².